The Kier molecular flexibility index (Phi) is 7.92. The summed E-state index contributed by atoms with van der Waals surface area (Å²) in [5.74, 6) is 0.681. The summed E-state index contributed by atoms with van der Waals surface area (Å²) in [5, 5.41) is 5.49. The summed E-state index contributed by atoms with van der Waals surface area (Å²) in [7, 11) is 0. The van der Waals surface area contributed by atoms with E-state index in [4.69, 9.17) is 19.4 Å². The lowest BCUT2D eigenvalue weighted by molar-refractivity contribution is 0.670. The molecule has 0 aliphatic carbocycles. The Morgan fingerprint density at radius 2 is 1.00 bits per heavy atom. The summed E-state index contributed by atoms with van der Waals surface area (Å²) in [5.41, 5.74) is 15.6. The van der Waals surface area contributed by atoms with Crippen molar-refractivity contribution in [2.45, 2.75) is 0 Å². The Morgan fingerprint density at radius 3 is 1.75 bits per heavy atom. The van der Waals surface area contributed by atoms with Gasteiger partial charge in [-0.25, -0.2) is 15.0 Å². The fraction of sp³-hybridized carbons (Fsp3) is 0. The Morgan fingerprint density at radius 1 is 0.383 bits per heavy atom. The van der Waals surface area contributed by atoms with Crippen LogP contribution in [0.2, 0.25) is 0 Å². The maximum atomic E-state index is 6.35. The Bertz CT molecular complexity index is 3580. The van der Waals surface area contributed by atoms with Gasteiger partial charge in [0.2, 0.25) is 0 Å². The first kappa shape index (κ1) is 34.2. The normalized spacial score (nSPS) is 11.7. The number of nitrogens with zero attached hydrogens (tertiary/aromatic N) is 5. The van der Waals surface area contributed by atoms with E-state index < -0.39 is 0 Å². The quantitative estimate of drug-likeness (QED) is 0.156. The van der Waals surface area contributed by atoms with E-state index in [2.05, 4.69) is 154 Å². The molecule has 0 amide bonds. The van der Waals surface area contributed by atoms with Crippen LogP contribution in [-0.4, -0.2) is 23.7 Å². The van der Waals surface area contributed by atoms with Crippen molar-refractivity contribution in [3.8, 4) is 67.4 Å². The van der Waals surface area contributed by atoms with Crippen LogP contribution in [-0.2, 0) is 0 Å². The molecule has 0 atom stereocenters. The van der Waals surface area contributed by atoms with Crippen molar-refractivity contribution in [2.24, 2.45) is 0 Å². The molecule has 0 aliphatic rings. The van der Waals surface area contributed by atoms with E-state index in [9.17, 15) is 0 Å². The molecule has 280 valence electrons. The molecule has 4 aromatic heterocycles. The van der Waals surface area contributed by atoms with Gasteiger partial charge in [-0.3, -0.25) is 0 Å². The number of fused-ring (bicyclic) bond motifs is 8. The summed E-state index contributed by atoms with van der Waals surface area (Å²) in [6, 6.07) is 65.1. The predicted molar refractivity (Wildman–Crippen MR) is 246 cm³/mol. The number of benzene rings is 8. The van der Waals surface area contributed by atoms with Crippen molar-refractivity contribution in [1.29, 1.82) is 0 Å². The fourth-order valence-corrected chi connectivity index (χ4v) is 8.96. The predicted octanol–water partition coefficient (Wildman–Crippen LogP) is 14.1. The van der Waals surface area contributed by atoms with Crippen LogP contribution >= 0.6 is 11.7 Å². The zero-order valence-electron chi connectivity index (χ0n) is 32.0. The fourth-order valence-electron chi connectivity index (χ4n) is 8.41. The van der Waals surface area contributed by atoms with Crippen LogP contribution < -0.4 is 0 Å². The summed E-state index contributed by atoms with van der Waals surface area (Å²) in [6.07, 6.45) is 0. The molecule has 60 heavy (non-hydrogen) atoms. The molecule has 0 fully saturated rings. The van der Waals surface area contributed by atoms with Gasteiger partial charge in [0.25, 0.3) is 0 Å². The number of para-hydroxylation sites is 3. The van der Waals surface area contributed by atoms with Gasteiger partial charge in [-0.2, -0.15) is 8.75 Å². The van der Waals surface area contributed by atoms with Gasteiger partial charge in [0, 0.05) is 54.7 Å². The second kappa shape index (κ2) is 13.9. The number of furan rings is 1. The largest absolute Gasteiger partial charge is 0.455 e. The van der Waals surface area contributed by atoms with Crippen LogP contribution in [0.15, 0.2) is 192 Å². The Hall–Kier alpha value is -7.87. The number of hydrogen-bond acceptors (Lipinski definition) is 7. The Labute approximate surface area is 348 Å². The minimum atomic E-state index is 0.681. The molecular formula is C53H31N5OS. The van der Waals surface area contributed by atoms with E-state index in [0.29, 0.717) is 5.82 Å². The minimum absolute atomic E-state index is 0.681. The topological polar surface area (TPSA) is 77.6 Å². The van der Waals surface area contributed by atoms with Crippen LogP contribution in [0.25, 0.3) is 122 Å². The molecule has 0 aliphatic heterocycles. The number of hydrogen-bond donors (Lipinski definition) is 0. The highest BCUT2D eigenvalue weighted by Gasteiger charge is 2.17. The number of rotatable bonds is 6. The molecule has 0 N–H and O–H groups in total. The van der Waals surface area contributed by atoms with Crippen LogP contribution in [0, 0.1) is 0 Å². The van der Waals surface area contributed by atoms with E-state index in [1.165, 1.54) is 11.7 Å². The molecule has 7 heteroatoms. The van der Waals surface area contributed by atoms with Gasteiger partial charge in [0.1, 0.15) is 22.2 Å². The third-order valence-corrected chi connectivity index (χ3v) is 12.0. The van der Waals surface area contributed by atoms with E-state index >= 15 is 0 Å². The molecule has 12 rings (SSSR count). The minimum Gasteiger partial charge on any atom is -0.455 e. The summed E-state index contributed by atoms with van der Waals surface area (Å²) < 4.78 is 15.5. The molecule has 4 heterocycles. The maximum Gasteiger partial charge on any atom is 0.160 e. The lowest BCUT2D eigenvalue weighted by Gasteiger charge is -2.12. The van der Waals surface area contributed by atoms with Crippen molar-refractivity contribution >= 4 is 66.4 Å². The molecule has 12 aromatic rings. The standard InChI is InChI=1S/C53H31N5OS/c1-2-9-38(10-3-1)53-55-46(31-47(56-53)36-25-21-34(22-26-36)39-13-8-14-41-40-11-5-7-16-48(40)59-52(39)41)35-23-17-32(18-24-35)33-19-27-37(28-20-33)50-43-29-30-45-51(58-60-57-45)49(43)42-12-4-6-15-44(42)54-50/h1-31H. The zero-order valence-corrected chi connectivity index (χ0v) is 32.8. The van der Waals surface area contributed by atoms with Gasteiger partial charge in [0.05, 0.1) is 34.3 Å². The summed E-state index contributed by atoms with van der Waals surface area (Å²) in [4.78, 5) is 15.3. The molecule has 0 spiro atoms. The lowest BCUT2D eigenvalue weighted by Crippen LogP contribution is -1.96. The maximum absolute atomic E-state index is 6.35. The van der Waals surface area contributed by atoms with Crippen molar-refractivity contribution in [3.63, 3.8) is 0 Å². The third-order valence-electron chi connectivity index (χ3n) is 11.4. The van der Waals surface area contributed by atoms with Gasteiger partial charge in [-0.15, -0.1) is 0 Å². The molecule has 6 nitrogen and oxygen atoms in total. The van der Waals surface area contributed by atoms with Crippen LogP contribution in [0.3, 0.4) is 0 Å². The SMILES string of the molecule is c1ccc(-c2nc(-c3ccc(-c4ccc(-c5nc6ccccc6c6c5ccc5nsnc56)cc4)cc3)cc(-c3ccc(-c4cccc5c4oc4ccccc45)cc3)n2)cc1. The van der Waals surface area contributed by atoms with E-state index in [0.717, 1.165) is 116 Å². The van der Waals surface area contributed by atoms with Crippen molar-refractivity contribution in [2.75, 3.05) is 0 Å². The van der Waals surface area contributed by atoms with Crippen LogP contribution in [0.1, 0.15) is 0 Å². The smallest absolute Gasteiger partial charge is 0.160 e. The first-order valence-electron chi connectivity index (χ1n) is 19.8. The molecule has 0 bridgehead atoms. The molecular weight excluding hydrogens is 755 g/mol. The third kappa shape index (κ3) is 5.74. The summed E-state index contributed by atoms with van der Waals surface area (Å²) >= 11 is 1.25. The average molecular weight is 786 g/mol. The monoisotopic (exact) mass is 785 g/mol. The Balaban J connectivity index is 0.879. The van der Waals surface area contributed by atoms with E-state index in [-0.39, 0.29) is 0 Å². The van der Waals surface area contributed by atoms with Crippen molar-refractivity contribution in [3.05, 3.63) is 188 Å². The van der Waals surface area contributed by atoms with Crippen LogP contribution in [0.4, 0.5) is 0 Å². The average Bonchev–Trinajstić information content (AvgIpc) is 3.97. The first-order valence-corrected chi connectivity index (χ1v) is 20.6. The highest BCUT2D eigenvalue weighted by atomic mass is 32.1. The van der Waals surface area contributed by atoms with E-state index in [1.807, 2.05) is 42.5 Å². The second-order valence-electron chi connectivity index (χ2n) is 14.9. The molecule has 0 saturated carbocycles. The molecule has 0 unspecified atom stereocenters. The second-order valence-corrected chi connectivity index (χ2v) is 15.5. The number of aromatic nitrogens is 5. The van der Waals surface area contributed by atoms with Crippen molar-refractivity contribution in [1.82, 2.24) is 23.7 Å². The van der Waals surface area contributed by atoms with Crippen molar-refractivity contribution < 1.29 is 4.42 Å². The van der Waals surface area contributed by atoms with Gasteiger partial charge in [0.15, 0.2) is 5.82 Å². The molecule has 0 saturated heterocycles. The highest BCUT2D eigenvalue weighted by Crippen LogP contribution is 2.39. The summed E-state index contributed by atoms with van der Waals surface area (Å²) in [6.45, 7) is 0. The zero-order chi connectivity index (χ0) is 39.6. The number of pyridine rings is 1. The van der Waals surface area contributed by atoms with E-state index in [1.54, 1.807) is 0 Å². The van der Waals surface area contributed by atoms with Gasteiger partial charge in [-0.1, -0.05) is 158 Å². The van der Waals surface area contributed by atoms with Gasteiger partial charge >= 0.3 is 0 Å². The molecule has 8 aromatic carbocycles. The first-order chi connectivity index (χ1) is 29.7. The lowest BCUT2D eigenvalue weighted by atomic mass is 9.96. The van der Waals surface area contributed by atoms with Gasteiger partial charge < -0.3 is 4.42 Å². The molecule has 0 radical (unpaired) electrons. The highest BCUT2D eigenvalue weighted by molar-refractivity contribution is 7.00. The van der Waals surface area contributed by atoms with Gasteiger partial charge in [-0.05, 0) is 47.0 Å². The van der Waals surface area contributed by atoms with Crippen LogP contribution in [0.5, 0.6) is 0 Å².